The van der Waals surface area contributed by atoms with Gasteiger partial charge in [0.2, 0.25) is 0 Å². The molecule has 0 bridgehead atoms. The molecular formula is C23H26N6O2. The summed E-state index contributed by atoms with van der Waals surface area (Å²) in [5.41, 5.74) is 1.75. The molecule has 1 saturated heterocycles. The van der Waals surface area contributed by atoms with Crippen molar-refractivity contribution in [3.05, 3.63) is 83.4 Å². The highest BCUT2D eigenvalue weighted by atomic mass is 16.2. The molecule has 160 valence electrons. The number of benzene rings is 2. The Hall–Kier alpha value is -3.68. The average Bonchev–Trinajstić information content (AvgIpc) is 3.41. The van der Waals surface area contributed by atoms with Crippen molar-refractivity contribution in [3.8, 4) is 0 Å². The molecule has 3 N–H and O–H groups in total. The highest BCUT2D eigenvalue weighted by Gasteiger charge is 2.39. The van der Waals surface area contributed by atoms with Crippen LogP contribution >= 0.6 is 0 Å². The Balaban J connectivity index is 1.41. The van der Waals surface area contributed by atoms with Crippen LogP contribution in [0.5, 0.6) is 0 Å². The van der Waals surface area contributed by atoms with E-state index < -0.39 is 0 Å². The fourth-order valence-electron chi connectivity index (χ4n) is 3.81. The third kappa shape index (κ3) is 5.09. The summed E-state index contributed by atoms with van der Waals surface area (Å²) in [6.07, 6.45) is 0.762. The third-order valence-electron chi connectivity index (χ3n) is 5.44. The minimum atomic E-state index is -0.275. The molecule has 2 aromatic carbocycles. The first kappa shape index (κ1) is 20.6. The number of nitrogens with zero attached hydrogens (tertiary/aromatic N) is 3. The lowest BCUT2D eigenvalue weighted by Gasteiger charge is -2.18. The van der Waals surface area contributed by atoms with Crippen molar-refractivity contribution in [1.82, 2.24) is 30.7 Å². The number of urea groups is 1. The normalized spacial score (nSPS) is 18.0. The topological polar surface area (TPSA) is 103 Å². The Kier molecular flexibility index (Phi) is 6.26. The Labute approximate surface area is 181 Å². The molecule has 0 aliphatic carbocycles. The molecule has 2 unspecified atom stereocenters. The number of likely N-dealkylation sites (tertiary alicyclic amines) is 1. The Morgan fingerprint density at radius 2 is 1.77 bits per heavy atom. The lowest BCUT2D eigenvalue weighted by molar-refractivity contribution is 0.0934. The molecule has 31 heavy (non-hydrogen) atoms. The number of H-pyrrole nitrogens is 1. The van der Waals surface area contributed by atoms with Crippen molar-refractivity contribution in [2.45, 2.75) is 25.3 Å². The lowest BCUT2D eigenvalue weighted by atomic mass is 10.0. The summed E-state index contributed by atoms with van der Waals surface area (Å²) in [5.74, 6) is 0.955. The van der Waals surface area contributed by atoms with Crippen LogP contribution in [0.15, 0.2) is 60.7 Å². The zero-order chi connectivity index (χ0) is 21.6. The number of aromatic amines is 1. The summed E-state index contributed by atoms with van der Waals surface area (Å²) in [5, 5.41) is 13.2. The molecule has 3 aromatic rings. The SMILES string of the molecule is Cc1nc(C2CN(C(=O)NCCc3ccccc3)CC2NC(=O)c2ccccc2)n[nH]1. The predicted molar refractivity (Wildman–Crippen MR) is 117 cm³/mol. The van der Waals surface area contributed by atoms with Crippen LogP contribution in [0.4, 0.5) is 4.79 Å². The average molecular weight is 419 g/mol. The Bertz CT molecular complexity index is 1020. The smallest absolute Gasteiger partial charge is 0.317 e. The van der Waals surface area contributed by atoms with Crippen LogP contribution in [0, 0.1) is 6.92 Å². The lowest BCUT2D eigenvalue weighted by Crippen LogP contribution is -2.43. The minimum absolute atomic E-state index is 0.148. The molecule has 3 amide bonds. The first-order chi connectivity index (χ1) is 15.1. The summed E-state index contributed by atoms with van der Waals surface area (Å²) in [7, 11) is 0. The molecule has 2 atom stereocenters. The maximum absolute atomic E-state index is 12.8. The van der Waals surface area contributed by atoms with Gasteiger partial charge in [-0.1, -0.05) is 48.5 Å². The van der Waals surface area contributed by atoms with Gasteiger partial charge in [-0.3, -0.25) is 9.89 Å². The fourth-order valence-corrected chi connectivity index (χ4v) is 3.81. The second-order valence-electron chi connectivity index (χ2n) is 7.70. The first-order valence-electron chi connectivity index (χ1n) is 10.4. The molecule has 2 heterocycles. The number of aromatic nitrogens is 3. The van der Waals surface area contributed by atoms with Crippen molar-refractivity contribution in [2.24, 2.45) is 0 Å². The summed E-state index contributed by atoms with van der Waals surface area (Å²) in [6.45, 7) is 3.21. The summed E-state index contributed by atoms with van der Waals surface area (Å²) in [6, 6.07) is 18.7. The van der Waals surface area contributed by atoms with Gasteiger partial charge in [0.1, 0.15) is 5.82 Å². The van der Waals surface area contributed by atoms with Crippen molar-refractivity contribution in [2.75, 3.05) is 19.6 Å². The number of carbonyl (C=O) groups excluding carboxylic acids is 2. The van der Waals surface area contributed by atoms with Crippen LogP contribution in [0.3, 0.4) is 0 Å². The van der Waals surface area contributed by atoms with Gasteiger partial charge in [-0.05, 0) is 31.0 Å². The number of nitrogens with one attached hydrogen (secondary N) is 3. The summed E-state index contributed by atoms with van der Waals surface area (Å²) in [4.78, 5) is 31.6. The van der Waals surface area contributed by atoms with Gasteiger partial charge in [-0.15, -0.1) is 0 Å². The number of amides is 3. The second kappa shape index (κ2) is 9.42. The zero-order valence-electron chi connectivity index (χ0n) is 17.4. The highest BCUT2D eigenvalue weighted by molar-refractivity contribution is 5.94. The molecule has 1 aromatic heterocycles. The quantitative estimate of drug-likeness (QED) is 0.571. The van der Waals surface area contributed by atoms with E-state index in [1.807, 2.05) is 55.5 Å². The number of hydrogen-bond acceptors (Lipinski definition) is 4. The monoisotopic (exact) mass is 418 g/mol. The molecule has 0 spiro atoms. The van der Waals surface area contributed by atoms with Crippen LogP contribution in [-0.4, -0.2) is 57.7 Å². The largest absolute Gasteiger partial charge is 0.347 e. The van der Waals surface area contributed by atoms with Crippen molar-refractivity contribution < 1.29 is 9.59 Å². The van der Waals surface area contributed by atoms with Crippen LogP contribution < -0.4 is 10.6 Å². The number of hydrogen-bond donors (Lipinski definition) is 3. The van der Waals surface area contributed by atoms with E-state index in [2.05, 4.69) is 25.8 Å². The molecular weight excluding hydrogens is 392 g/mol. The van der Waals surface area contributed by atoms with Gasteiger partial charge in [-0.25, -0.2) is 9.78 Å². The van der Waals surface area contributed by atoms with E-state index in [1.165, 1.54) is 5.56 Å². The molecule has 8 heteroatoms. The highest BCUT2D eigenvalue weighted by Crippen LogP contribution is 2.26. The van der Waals surface area contributed by atoms with E-state index in [4.69, 9.17) is 0 Å². The van der Waals surface area contributed by atoms with E-state index >= 15 is 0 Å². The maximum Gasteiger partial charge on any atom is 0.317 e. The van der Waals surface area contributed by atoms with Crippen molar-refractivity contribution >= 4 is 11.9 Å². The molecule has 4 rings (SSSR count). The van der Waals surface area contributed by atoms with Gasteiger partial charge in [0.15, 0.2) is 5.82 Å². The van der Waals surface area contributed by atoms with Gasteiger partial charge >= 0.3 is 6.03 Å². The van der Waals surface area contributed by atoms with Gasteiger partial charge in [0.25, 0.3) is 5.91 Å². The van der Waals surface area contributed by atoms with Gasteiger partial charge in [0, 0.05) is 25.2 Å². The van der Waals surface area contributed by atoms with Gasteiger partial charge in [0.05, 0.1) is 12.0 Å². The molecule has 1 fully saturated rings. The van der Waals surface area contributed by atoms with Crippen molar-refractivity contribution in [1.29, 1.82) is 0 Å². The van der Waals surface area contributed by atoms with E-state index in [9.17, 15) is 9.59 Å². The van der Waals surface area contributed by atoms with Crippen LogP contribution in [0.2, 0.25) is 0 Å². The van der Waals surface area contributed by atoms with E-state index in [1.54, 1.807) is 17.0 Å². The summed E-state index contributed by atoms with van der Waals surface area (Å²) < 4.78 is 0. The number of rotatable bonds is 6. The Morgan fingerprint density at radius 3 is 2.45 bits per heavy atom. The summed E-state index contributed by atoms with van der Waals surface area (Å²) >= 11 is 0. The standard InChI is InChI=1S/C23H26N6O2/c1-16-25-21(28-27-16)19-14-29(23(31)24-13-12-17-8-4-2-5-9-17)15-20(19)26-22(30)18-10-6-3-7-11-18/h2-11,19-20H,12-15H2,1H3,(H,24,31)(H,26,30)(H,25,27,28). The second-order valence-corrected chi connectivity index (χ2v) is 7.70. The molecule has 1 aliphatic heterocycles. The van der Waals surface area contributed by atoms with E-state index in [0.29, 0.717) is 36.8 Å². The van der Waals surface area contributed by atoms with Crippen LogP contribution in [0.1, 0.15) is 33.5 Å². The number of carbonyl (C=O) groups is 2. The van der Waals surface area contributed by atoms with Crippen LogP contribution in [-0.2, 0) is 6.42 Å². The maximum atomic E-state index is 12.8. The first-order valence-corrected chi connectivity index (χ1v) is 10.4. The molecule has 1 aliphatic rings. The van der Waals surface area contributed by atoms with Crippen LogP contribution in [0.25, 0.3) is 0 Å². The van der Waals surface area contributed by atoms with Crippen molar-refractivity contribution in [3.63, 3.8) is 0 Å². The third-order valence-corrected chi connectivity index (χ3v) is 5.44. The zero-order valence-corrected chi connectivity index (χ0v) is 17.4. The van der Waals surface area contributed by atoms with Gasteiger partial charge < -0.3 is 15.5 Å². The predicted octanol–water partition coefficient (Wildman–Crippen LogP) is 2.26. The minimum Gasteiger partial charge on any atom is -0.347 e. The molecule has 8 nitrogen and oxygen atoms in total. The van der Waals surface area contributed by atoms with Gasteiger partial charge in [-0.2, -0.15) is 5.10 Å². The number of aryl methyl sites for hydroxylation is 1. The molecule has 0 radical (unpaired) electrons. The Morgan fingerprint density at radius 1 is 1.06 bits per heavy atom. The van der Waals surface area contributed by atoms with E-state index in [0.717, 1.165) is 6.42 Å². The fraction of sp³-hybridized carbons (Fsp3) is 0.304. The molecule has 0 saturated carbocycles. The van der Waals surface area contributed by atoms with E-state index in [-0.39, 0.29) is 23.9 Å².